The van der Waals surface area contributed by atoms with Crippen molar-refractivity contribution in [1.82, 2.24) is 14.8 Å². The van der Waals surface area contributed by atoms with Gasteiger partial charge in [-0.25, -0.2) is 4.39 Å². The molecular weight excluding hydrogens is 387 g/mol. The zero-order valence-corrected chi connectivity index (χ0v) is 13.5. The van der Waals surface area contributed by atoms with Gasteiger partial charge in [0.05, 0.1) is 0 Å². The van der Waals surface area contributed by atoms with Crippen LogP contribution in [-0.4, -0.2) is 23.2 Å². The molecule has 23 heavy (non-hydrogen) atoms. The molecule has 13 heteroatoms. The van der Waals surface area contributed by atoms with Gasteiger partial charge < -0.3 is 5.73 Å². The van der Waals surface area contributed by atoms with Gasteiger partial charge in [-0.1, -0.05) is 6.07 Å². The second kappa shape index (κ2) is 6.89. The Balaban J connectivity index is 0.000000463. The molecule has 0 unspecified atom stereocenters. The lowest BCUT2D eigenvalue weighted by Crippen LogP contribution is -2.09. The van der Waals surface area contributed by atoms with Crippen molar-refractivity contribution < 1.29 is 26.0 Å². The van der Waals surface area contributed by atoms with Crippen LogP contribution in [0.1, 0.15) is 11.4 Å². The smallest absolute Gasteiger partial charge is 0.368 e. The monoisotopic (exact) mass is 394 g/mol. The fourth-order valence-electron chi connectivity index (χ4n) is 1.41. The van der Waals surface area contributed by atoms with Crippen LogP contribution in [-0.2, 0) is 14.4 Å². The van der Waals surface area contributed by atoms with Crippen LogP contribution < -0.4 is 5.73 Å². The summed E-state index contributed by atoms with van der Waals surface area (Å²) < 4.78 is 69.7. The number of nitrogens with two attached hydrogens (primary N) is 1. The van der Waals surface area contributed by atoms with Gasteiger partial charge in [0.2, 0.25) is 5.95 Å². The molecule has 0 amide bonds. The maximum Gasteiger partial charge on any atom is 0.453 e. The van der Waals surface area contributed by atoms with Gasteiger partial charge in [-0.15, -0.1) is 5.10 Å². The van der Waals surface area contributed by atoms with E-state index in [4.69, 9.17) is 14.2 Å². The van der Waals surface area contributed by atoms with Crippen molar-refractivity contribution in [2.45, 2.75) is 13.1 Å². The van der Waals surface area contributed by atoms with E-state index in [0.717, 1.165) is 0 Å². The summed E-state index contributed by atoms with van der Waals surface area (Å²) in [6, 6.07) is 3.99. The molecule has 0 spiro atoms. The molecule has 128 valence electrons. The summed E-state index contributed by atoms with van der Waals surface area (Å²) >= 11 is 0. The molecule has 0 fully saturated rings. The Morgan fingerprint density at radius 1 is 1.26 bits per heavy atom. The summed E-state index contributed by atoms with van der Waals surface area (Å²) in [7, 11) is 4.81. The van der Waals surface area contributed by atoms with Crippen LogP contribution in [0.3, 0.4) is 0 Å². The highest BCUT2D eigenvalue weighted by Gasteiger charge is 2.37. The normalized spacial score (nSPS) is 11.8. The summed E-state index contributed by atoms with van der Waals surface area (Å²) in [4.78, 5) is 3.06. The van der Waals surface area contributed by atoms with E-state index in [0.29, 0.717) is 10.2 Å². The van der Waals surface area contributed by atoms with E-state index in [1.165, 1.54) is 18.2 Å². The Morgan fingerprint density at radius 3 is 2.17 bits per heavy atom. The van der Waals surface area contributed by atoms with Crippen molar-refractivity contribution in [3.8, 4) is 5.69 Å². The number of aryl methyl sites for hydroxylation is 1. The SMILES string of the molecule is Cc1ccc(-n2nc(C(F)(F)F)nc2N)c(F)c1.O=S(=O)(Cl)Cl. The molecule has 0 aliphatic carbocycles. The number of hydrogen-bond acceptors (Lipinski definition) is 5. The first-order valence-electron chi connectivity index (χ1n) is 5.49. The van der Waals surface area contributed by atoms with Crippen LogP contribution in [0.4, 0.5) is 23.5 Å². The van der Waals surface area contributed by atoms with Gasteiger partial charge in [-0.3, -0.25) is 0 Å². The van der Waals surface area contributed by atoms with E-state index in [-0.39, 0.29) is 5.69 Å². The number of hydrogen-bond donors (Lipinski definition) is 1. The molecule has 0 atom stereocenters. The minimum absolute atomic E-state index is 0.180. The lowest BCUT2D eigenvalue weighted by molar-refractivity contribution is -0.144. The predicted octanol–water partition coefficient (Wildman–Crippen LogP) is 3.02. The van der Waals surface area contributed by atoms with Gasteiger partial charge in [0.25, 0.3) is 5.82 Å². The molecule has 2 aromatic rings. The van der Waals surface area contributed by atoms with Crippen molar-refractivity contribution in [3.05, 3.63) is 35.4 Å². The first kappa shape index (κ1) is 19.5. The molecule has 0 bridgehead atoms. The summed E-state index contributed by atoms with van der Waals surface area (Å²) in [6.07, 6.45) is -4.72. The Kier molecular flexibility index (Phi) is 5.83. The largest absolute Gasteiger partial charge is 0.453 e. The number of benzene rings is 1. The van der Waals surface area contributed by atoms with Crippen LogP contribution >= 0.6 is 21.4 Å². The van der Waals surface area contributed by atoms with Crippen LogP contribution in [0.5, 0.6) is 0 Å². The van der Waals surface area contributed by atoms with Crippen molar-refractivity contribution in [3.63, 3.8) is 0 Å². The van der Waals surface area contributed by atoms with Gasteiger partial charge in [0.15, 0.2) is 0 Å². The van der Waals surface area contributed by atoms with Crippen LogP contribution in [0.25, 0.3) is 5.69 Å². The van der Waals surface area contributed by atoms with Crippen molar-refractivity contribution >= 4 is 35.6 Å². The van der Waals surface area contributed by atoms with Gasteiger partial charge in [0, 0.05) is 21.4 Å². The number of nitrogen functional groups attached to an aromatic ring is 1. The number of anilines is 1. The van der Waals surface area contributed by atoms with Gasteiger partial charge in [-0.05, 0) is 24.6 Å². The van der Waals surface area contributed by atoms with E-state index in [2.05, 4.69) is 31.4 Å². The molecule has 1 heterocycles. The Bertz CT molecular complexity index is 800. The van der Waals surface area contributed by atoms with Crippen molar-refractivity contribution in [1.29, 1.82) is 0 Å². The first-order chi connectivity index (χ1) is 10.3. The van der Waals surface area contributed by atoms with Gasteiger partial charge >= 0.3 is 14.4 Å². The van der Waals surface area contributed by atoms with Crippen molar-refractivity contribution in [2.24, 2.45) is 0 Å². The maximum absolute atomic E-state index is 13.6. The predicted molar refractivity (Wildman–Crippen MR) is 76.1 cm³/mol. The second-order valence-electron chi connectivity index (χ2n) is 4.04. The molecule has 0 saturated heterocycles. The molecule has 0 saturated carbocycles. The summed E-state index contributed by atoms with van der Waals surface area (Å²) in [6.45, 7) is 1.65. The van der Waals surface area contributed by atoms with E-state index in [1.807, 2.05) is 0 Å². The van der Waals surface area contributed by atoms with Crippen LogP contribution in [0.15, 0.2) is 18.2 Å². The highest BCUT2D eigenvalue weighted by atomic mass is 36.0. The van der Waals surface area contributed by atoms with Crippen LogP contribution in [0, 0.1) is 12.7 Å². The number of nitrogens with zero attached hydrogens (tertiary/aromatic N) is 3. The minimum atomic E-state index is -4.72. The number of aromatic nitrogens is 3. The van der Waals surface area contributed by atoms with E-state index < -0.39 is 32.0 Å². The number of rotatable bonds is 1. The summed E-state index contributed by atoms with van der Waals surface area (Å²) in [5, 5.41) is 3.16. The molecule has 0 radical (unpaired) electrons. The zero-order chi connectivity index (χ0) is 18.0. The van der Waals surface area contributed by atoms with Gasteiger partial charge in [-0.2, -0.15) is 31.3 Å². The van der Waals surface area contributed by atoms with E-state index in [1.54, 1.807) is 6.92 Å². The Hall–Kier alpha value is -1.59. The Labute approximate surface area is 136 Å². The number of alkyl halides is 3. The third-order valence-corrected chi connectivity index (χ3v) is 2.22. The third kappa shape index (κ3) is 6.20. The molecule has 1 aromatic carbocycles. The maximum atomic E-state index is 13.6. The lowest BCUT2D eigenvalue weighted by Gasteiger charge is -2.04. The highest BCUT2D eigenvalue weighted by molar-refractivity contribution is 8.31. The quantitative estimate of drug-likeness (QED) is 0.592. The average Bonchev–Trinajstić information content (AvgIpc) is 2.69. The summed E-state index contributed by atoms with van der Waals surface area (Å²) in [5.74, 6) is -2.65. The lowest BCUT2D eigenvalue weighted by atomic mass is 10.2. The fraction of sp³-hybridized carbons (Fsp3) is 0.200. The molecular formula is C10H8Cl2F4N4O2S. The molecule has 6 nitrogen and oxygen atoms in total. The van der Waals surface area contributed by atoms with Gasteiger partial charge in [0.1, 0.15) is 11.5 Å². The molecule has 1 aromatic heterocycles. The first-order valence-corrected chi connectivity index (χ1v) is 8.63. The van der Waals surface area contributed by atoms with Crippen LogP contribution in [0.2, 0.25) is 0 Å². The second-order valence-corrected chi connectivity index (χ2v) is 7.70. The molecule has 2 rings (SSSR count). The topological polar surface area (TPSA) is 90.9 Å². The van der Waals surface area contributed by atoms with E-state index >= 15 is 0 Å². The highest BCUT2D eigenvalue weighted by Crippen LogP contribution is 2.28. The number of halogens is 6. The standard InChI is InChI=1S/C10H8F4N4.Cl2O2S/c1-5-2-3-7(6(11)4-5)18-9(15)16-8(17-18)10(12,13)14;1-5(2,3)4/h2-4H,1H3,(H2,15,16,17);. The Morgan fingerprint density at radius 2 is 1.78 bits per heavy atom. The summed E-state index contributed by atoms with van der Waals surface area (Å²) in [5.41, 5.74) is 5.75. The minimum Gasteiger partial charge on any atom is -0.368 e. The zero-order valence-electron chi connectivity index (χ0n) is 11.1. The fourth-order valence-corrected chi connectivity index (χ4v) is 1.41. The molecule has 0 aliphatic heterocycles. The molecule has 2 N–H and O–H groups in total. The third-order valence-electron chi connectivity index (χ3n) is 2.22. The van der Waals surface area contributed by atoms with Crippen molar-refractivity contribution in [2.75, 3.05) is 5.73 Å². The van der Waals surface area contributed by atoms with E-state index in [9.17, 15) is 17.6 Å². The molecule has 0 aliphatic rings. The average molecular weight is 395 g/mol.